The molecule has 2 aromatic carbocycles. The van der Waals surface area contributed by atoms with Gasteiger partial charge < -0.3 is 4.74 Å². The number of hydrogen-bond acceptors (Lipinski definition) is 1. The molecule has 0 spiro atoms. The number of hydrogen-bond donors (Lipinski definition) is 0. The average molecular weight is 369 g/mol. The van der Waals surface area contributed by atoms with Crippen LogP contribution in [0.2, 0.25) is 0 Å². The third kappa shape index (κ3) is 3.27. The minimum atomic E-state index is -2.54. The summed E-state index contributed by atoms with van der Waals surface area (Å²) in [7, 11) is 0. The van der Waals surface area contributed by atoms with Crippen LogP contribution >= 0.6 is 15.9 Å². The lowest BCUT2D eigenvalue weighted by atomic mass is 9.89. The summed E-state index contributed by atoms with van der Waals surface area (Å²) in [5, 5.41) is 1.37. The highest BCUT2D eigenvalue weighted by Gasteiger charge is 2.23. The summed E-state index contributed by atoms with van der Waals surface area (Å²) in [6, 6.07) is 8.92. The fraction of sp³-hybridized carbons (Fsp3) is 0.444. The van der Waals surface area contributed by atoms with Gasteiger partial charge in [-0.25, -0.2) is 8.78 Å². The number of halogens is 3. The maximum absolute atomic E-state index is 13.6. The van der Waals surface area contributed by atoms with Crippen LogP contribution in [0.3, 0.4) is 0 Å². The molecule has 0 saturated heterocycles. The summed E-state index contributed by atoms with van der Waals surface area (Å²) in [6.07, 6.45) is 1.62. The van der Waals surface area contributed by atoms with Crippen LogP contribution in [0.15, 0.2) is 34.8 Å². The lowest BCUT2D eigenvalue weighted by Gasteiger charge is -2.28. The first-order valence-electron chi connectivity index (χ1n) is 7.71. The van der Waals surface area contributed by atoms with E-state index in [1.54, 1.807) is 18.2 Å². The van der Waals surface area contributed by atoms with Crippen molar-refractivity contribution in [1.29, 1.82) is 0 Å². The molecule has 0 heterocycles. The van der Waals surface area contributed by atoms with Crippen molar-refractivity contribution in [3.05, 3.63) is 40.4 Å². The summed E-state index contributed by atoms with van der Waals surface area (Å²) in [4.78, 5) is 0. The minimum absolute atomic E-state index is 0.0172. The zero-order chi connectivity index (χ0) is 15.7. The van der Waals surface area contributed by atoms with E-state index in [-0.39, 0.29) is 11.7 Å². The van der Waals surface area contributed by atoms with Gasteiger partial charge in [-0.1, -0.05) is 35.0 Å². The predicted molar refractivity (Wildman–Crippen MR) is 88.7 cm³/mol. The van der Waals surface area contributed by atoms with E-state index in [4.69, 9.17) is 4.74 Å². The van der Waals surface area contributed by atoms with E-state index in [1.807, 2.05) is 12.1 Å². The SMILES string of the molecule is CC1CCC(Oc2ccc3cc(Br)ccc3c2C(F)F)CC1. The maximum Gasteiger partial charge on any atom is 0.268 e. The first kappa shape index (κ1) is 15.7. The van der Waals surface area contributed by atoms with E-state index >= 15 is 0 Å². The van der Waals surface area contributed by atoms with Gasteiger partial charge in [0.2, 0.25) is 0 Å². The number of fused-ring (bicyclic) bond motifs is 1. The molecule has 0 N–H and O–H groups in total. The van der Waals surface area contributed by atoms with Crippen LogP contribution in [0.25, 0.3) is 10.8 Å². The number of alkyl halides is 2. The van der Waals surface area contributed by atoms with Gasteiger partial charge in [0.05, 0.1) is 11.7 Å². The van der Waals surface area contributed by atoms with Crippen molar-refractivity contribution >= 4 is 26.7 Å². The Kier molecular flexibility index (Phi) is 4.67. The second-order valence-corrected chi connectivity index (χ2v) is 7.06. The van der Waals surface area contributed by atoms with Crippen molar-refractivity contribution in [2.75, 3.05) is 0 Å². The van der Waals surface area contributed by atoms with E-state index in [1.165, 1.54) is 0 Å². The largest absolute Gasteiger partial charge is 0.490 e. The molecule has 0 radical (unpaired) electrons. The van der Waals surface area contributed by atoms with Crippen LogP contribution in [0.5, 0.6) is 5.75 Å². The Balaban J connectivity index is 1.95. The molecule has 0 unspecified atom stereocenters. The van der Waals surface area contributed by atoms with Crippen LogP contribution < -0.4 is 4.74 Å². The van der Waals surface area contributed by atoms with Crippen molar-refractivity contribution in [2.24, 2.45) is 5.92 Å². The maximum atomic E-state index is 13.6. The highest BCUT2D eigenvalue weighted by molar-refractivity contribution is 9.10. The van der Waals surface area contributed by atoms with Crippen LogP contribution in [0.4, 0.5) is 8.78 Å². The van der Waals surface area contributed by atoms with E-state index in [2.05, 4.69) is 22.9 Å². The summed E-state index contributed by atoms with van der Waals surface area (Å²) in [5.74, 6) is 1.05. The Hall–Kier alpha value is -1.16. The van der Waals surface area contributed by atoms with Gasteiger partial charge in [0.25, 0.3) is 6.43 Å². The van der Waals surface area contributed by atoms with Gasteiger partial charge in [0.15, 0.2) is 0 Å². The van der Waals surface area contributed by atoms with Crippen molar-refractivity contribution in [3.8, 4) is 5.75 Å². The molecule has 0 bridgehead atoms. The van der Waals surface area contributed by atoms with Crippen LogP contribution in [0.1, 0.15) is 44.6 Å². The molecule has 22 heavy (non-hydrogen) atoms. The molecular formula is C18H19BrF2O. The van der Waals surface area contributed by atoms with Crippen molar-refractivity contribution in [3.63, 3.8) is 0 Å². The summed E-state index contributed by atoms with van der Waals surface area (Å²) in [6.45, 7) is 2.23. The standard InChI is InChI=1S/C18H19BrF2O/c1-11-2-6-14(7-3-11)22-16-9-4-12-10-13(19)5-8-15(12)17(16)18(20)21/h4-5,8-11,14,18H,2-3,6-7H2,1H3. The van der Waals surface area contributed by atoms with E-state index < -0.39 is 6.43 Å². The highest BCUT2D eigenvalue weighted by atomic mass is 79.9. The Morgan fingerprint density at radius 3 is 2.50 bits per heavy atom. The number of rotatable bonds is 3. The highest BCUT2D eigenvalue weighted by Crippen LogP contribution is 2.38. The molecule has 4 heteroatoms. The van der Waals surface area contributed by atoms with E-state index in [0.717, 1.165) is 35.5 Å². The lowest BCUT2D eigenvalue weighted by molar-refractivity contribution is 0.116. The van der Waals surface area contributed by atoms with Gasteiger partial charge in [-0.05, 0) is 60.6 Å². The molecule has 0 aromatic heterocycles. The molecule has 1 saturated carbocycles. The Labute approximate surface area is 137 Å². The summed E-state index contributed by atoms with van der Waals surface area (Å²) < 4.78 is 34.0. The molecule has 118 valence electrons. The summed E-state index contributed by atoms with van der Waals surface area (Å²) >= 11 is 3.38. The third-order valence-corrected chi connectivity index (χ3v) is 4.95. The van der Waals surface area contributed by atoms with Gasteiger partial charge in [0, 0.05) is 4.47 Å². The predicted octanol–water partition coefficient (Wildman–Crippen LogP) is 6.50. The van der Waals surface area contributed by atoms with Crippen molar-refractivity contribution < 1.29 is 13.5 Å². The van der Waals surface area contributed by atoms with Crippen LogP contribution in [0, 0.1) is 5.92 Å². The molecule has 2 aromatic rings. The summed E-state index contributed by atoms with van der Waals surface area (Å²) in [5.41, 5.74) is 0.0172. The quantitative estimate of drug-likeness (QED) is 0.600. The topological polar surface area (TPSA) is 9.23 Å². The smallest absolute Gasteiger partial charge is 0.268 e. The Bertz CT molecular complexity index is 663. The van der Waals surface area contributed by atoms with Crippen LogP contribution in [-0.4, -0.2) is 6.10 Å². The van der Waals surface area contributed by atoms with E-state index in [0.29, 0.717) is 17.1 Å². The Morgan fingerprint density at radius 2 is 1.82 bits per heavy atom. The Morgan fingerprint density at radius 1 is 1.09 bits per heavy atom. The average Bonchev–Trinajstić information content (AvgIpc) is 2.49. The van der Waals surface area contributed by atoms with Crippen LogP contribution in [-0.2, 0) is 0 Å². The van der Waals surface area contributed by atoms with Gasteiger partial charge in [-0.3, -0.25) is 0 Å². The molecule has 3 rings (SSSR count). The fourth-order valence-corrected chi connectivity index (χ4v) is 3.54. The number of ether oxygens (including phenoxy) is 1. The number of benzene rings is 2. The zero-order valence-electron chi connectivity index (χ0n) is 12.5. The molecular weight excluding hydrogens is 350 g/mol. The zero-order valence-corrected chi connectivity index (χ0v) is 14.1. The van der Waals surface area contributed by atoms with Crippen molar-refractivity contribution in [2.45, 2.75) is 45.1 Å². The molecule has 1 aliphatic carbocycles. The van der Waals surface area contributed by atoms with Gasteiger partial charge in [0.1, 0.15) is 5.75 Å². The third-order valence-electron chi connectivity index (χ3n) is 4.46. The molecule has 0 amide bonds. The molecule has 0 aliphatic heterocycles. The molecule has 1 fully saturated rings. The molecule has 1 nitrogen and oxygen atoms in total. The fourth-order valence-electron chi connectivity index (χ4n) is 3.16. The molecule has 1 aliphatic rings. The van der Waals surface area contributed by atoms with Gasteiger partial charge in [-0.2, -0.15) is 0 Å². The molecule has 0 atom stereocenters. The first-order chi connectivity index (χ1) is 10.5. The monoisotopic (exact) mass is 368 g/mol. The minimum Gasteiger partial charge on any atom is -0.490 e. The van der Waals surface area contributed by atoms with Crippen molar-refractivity contribution in [1.82, 2.24) is 0 Å². The second kappa shape index (κ2) is 6.53. The van der Waals surface area contributed by atoms with Gasteiger partial charge in [-0.15, -0.1) is 0 Å². The van der Waals surface area contributed by atoms with Gasteiger partial charge >= 0.3 is 0 Å². The van der Waals surface area contributed by atoms with E-state index in [9.17, 15) is 8.78 Å². The first-order valence-corrected chi connectivity index (χ1v) is 8.51. The second-order valence-electron chi connectivity index (χ2n) is 6.14. The normalized spacial score (nSPS) is 22.2. The lowest BCUT2D eigenvalue weighted by Crippen LogP contribution is -2.23.